The SMILES string of the molecule is NC1=CCCc2[nH]c3ccccc3c21. The van der Waals surface area contributed by atoms with Crippen LogP contribution >= 0.6 is 0 Å². The van der Waals surface area contributed by atoms with Crippen LogP contribution in [0.2, 0.25) is 0 Å². The first-order valence-corrected chi connectivity index (χ1v) is 4.92. The van der Waals surface area contributed by atoms with Crippen molar-refractivity contribution in [2.24, 2.45) is 5.73 Å². The molecule has 2 nitrogen and oxygen atoms in total. The number of H-pyrrole nitrogens is 1. The van der Waals surface area contributed by atoms with Crippen LogP contribution in [0.1, 0.15) is 17.7 Å². The van der Waals surface area contributed by atoms with Gasteiger partial charge in [0.1, 0.15) is 0 Å². The molecule has 3 rings (SSSR count). The summed E-state index contributed by atoms with van der Waals surface area (Å²) >= 11 is 0. The molecule has 1 heterocycles. The highest BCUT2D eigenvalue weighted by Gasteiger charge is 2.15. The third-order valence-electron chi connectivity index (χ3n) is 2.83. The van der Waals surface area contributed by atoms with Gasteiger partial charge in [0.2, 0.25) is 0 Å². The largest absolute Gasteiger partial charge is 0.398 e. The fourth-order valence-corrected chi connectivity index (χ4v) is 2.19. The summed E-state index contributed by atoms with van der Waals surface area (Å²) < 4.78 is 0. The number of aromatic nitrogens is 1. The molecule has 0 atom stereocenters. The van der Waals surface area contributed by atoms with E-state index in [-0.39, 0.29) is 0 Å². The zero-order chi connectivity index (χ0) is 9.54. The van der Waals surface area contributed by atoms with Crippen molar-refractivity contribution in [3.63, 3.8) is 0 Å². The van der Waals surface area contributed by atoms with Crippen LogP contribution in [-0.4, -0.2) is 4.98 Å². The number of allylic oxidation sites excluding steroid dienone is 1. The zero-order valence-corrected chi connectivity index (χ0v) is 7.88. The molecule has 0 spiro atoms. The summed E-state index contributed by atoms with van der Waals surface area (Å²) in [5.74, 6) is 0. The van der Waals surface area contributed by atoms with Crippen molar-refractivity contribution in [1.82, 2.24) is 4.98 Å². The standard InChI is InChI=1S/C12H12N2/c13-9-5-3-7-11-12(9)8-4-1-2-6-10(8)14-11/h1-2,4-6,14H,3,7,13H2. The molecule has 1 aromatic carbocycles. The van der Waals surface area contributed by atoms with Crippen LogP contribution in [-0.2, 0) is 6.42 Å². The van der Waals surface area contributed by atoms with Gasteiger partial charge in [0, 0.05) is 27.9 Å². The fourth-order valence-electron chi connectivity index (χ4n) is 2.19. The first-order valence-electron chi connectivity index (χ1n) is 4.92. The monoisotopic (exact) mass is 184 g/mol. The lowest BCUT2D eigenvalue weighted by Crippen LogP contribution is -2.04. The van der Waals surface area contributed by atoms with Gasteiger partial charge in [-0.3, -0.25) is 0 Å². The molecule has 2 aromatic rings. The number of para-hydroxylation sites is 1. The van der Waals surface area contributed by atoms with Crippen molar-refractivity contribution in [1.29, 1.82) is 0 Å². The number of nitrogens with one attached hydrogen (secondary N) is 1. The smallest absolute Gasteiger partial charge is 0.0463 e. The van der Waals surface area contributed by atoms with Crippen molar-refractivity contribution in [3.05, 3.63) is 41.6 Å². The van der Waals surface area contributed by atoms with E-state index < -0.39 is 0 Å². The Morgan fingerprint density at radius 2 is 2.07 bits per heavy atom. The summed E-state index contributed by atoms with van der Waals surface area (Å²) in [6.07, 6.45) is 4.24. The lowest BCUT2D eigenvalue weighted by Gasteiger charge is -2.09. The minimum Gasteiger partial charge on any atom is -0.398 e. The first kappa shape index (κ1) is 7.68. The van der Waals surface area contributed by atoms with E-state index in [4.69, 9.17) is 5.73 Å². The highest BCUT2D eigenvalue weighted by Crippen LogP contribution is 2.30. The van der Waals surface area contributed by atoms with Crippen LogP contribution in [0.3, 0.4) is 0 Å². The molecule has 0 saturated heterocycles. The second kappa shape index (κ2) is 2.64. The quantitative estimate of drug-likeness (QED) is 0.648. The molecule has 1 aliphatic rings. The highest BCUT2D eigenvalue weighted by atomic mass is 14.7. The Morgan fingerprint density at radius 3 is 3.00 bits per heavy atom. The predicted molar refractivity (Wildman–Crippen MR) is 58.8 cm³/mol. The van der Waals surface area contributed by atoms with Crippen molar-refractivity contribution in [2.45, 2.75) is 12.8 Å². The molecular formula is C12H12N2. The van der Waals surface area contributed by atoms with Crippen molar-refractivity contribution in [2.75, 3.05) is 0 Å². The second-order valence-corrected chi connectivity index (χ2v) is 3.72. The van der Waals surface area contributed by atoms with Gasteiger partial charge in [0.15, 0.2) is 0 Å². The molecule has 0 bridgehead atoms. The van der Waals surface area contributed by atoms with Gasteiger partial charge >= 0.3 is 0 Å². The molecule has 0 radical (unpaired) electrons. The molecule has 0 unspecified atom stereocenters. The Morgan fingerprint density at radius 1 is 1.21 bits per heavy atom. The molecule has 3 N–H and O–H groups in total. The van der Waals surface area contributed by atoms with Crippen molar-refractivity contribution < 1.29 is 0 Å². The van der Waals surface area contributed by atoms with Crippen LogP contribution in [0.15, 0.2) is 30.3 Å². The highest BCUT2D eigenvalue weighted by molar-refractivity contribution is 5.94. The van der Waals surface area contributed by atoms with Gasteiger partial charge in [-0.2, -0.15) is 0 Å². The van der Waals surface area contributed by atoms with Gasteiger partial charge < -0.3 is 10.7 Å². The Balaban J connectivity index is 2.42. The van der Waals surface area contributed by atoms with E-state index in [1.54, 1.807) is 0 Å². The lowest BCUT2D eigenvalue weighted by atomic mass is 9.99. The van der Waals surface area contributed by atoms with Crippen LogP contribution < -0.4 is 5.73 Å². The van der Waals surface area contributed by atoms with Gasteiger partial charge in [-0.15, -0.1) is 0 Å². The van der Waals surface area contributed by atoms with Crippen LogP contribution in [0.4, 0.5) is 0 Å². The summed E-state index contributed by atoms with van der Waals surface area (Å²) in [6, 6.07) is 8.32. The molecule has 2 heteroatoms. The van der Waals surface area contributed by atoms with Crippen LogP contribution in [0.5, 0.6) is 0 Å². The van der Waals surface area contributed by atoms with Gasteiger partial charge in [-0.1, -0.05) is 24.3 Å². The maximum atomic E-state index is 6.00. The molecule has 1 aliphatic carbocycles. The topological polar surface area (TPSA) is 41.8 Å². The van der Waals surface area contributed by atoms with E-state index in [1.807, 2.05) is 6.07 Å². The molecule has 14 heavy (non-hydrogen) atoms. The van der Waals surface area contributed by atoms with E-state index in [0.717, 1.165) is 18.5 Å². The van der Waals surface area contributed by atoms with Crippen LogP contribution in [0.25, 0.3) is 16.6 Å². The fraction of sp³-hybridized carbons (Fsp3) is 0.167. The molecule has 70 valence electrons. The average molecular weight is 184 g/mol. The number of hydrogen-bond acceptors (Lipinski definition) is 1. The first-order chi connectivity index (χ1) is 6.86. The zero-order valence-electron chi connectivity index (χ0n) is 7.88. The summed E-state index contributed by atoms with van der Waals surface area (Å²) in [6.45, 7) is 0. The maximum Gasteiger partial charge on any atom is 0.0463 e. The Kier molecular flexibility index (Phi) is 1.45. The van der Waals surface area contributed by atoms with Crippen molar-refractivity contribution >= 4 is 16.6 Å². The maximum absolute atomic E-state index is 6.00. The van der Waals surface area contributed by atoms with E-state index >= 15 is 0 Å². The van der Waals surface area contributed by atoms with Gasteiger partial charge in [0.25, 0.3) is 0 Å². The molecule has 0 saturated carbocycles. The summed E-state index contributed by atoms with van der Waals surface area (Å²) in [5.41, 5.74) is 10.6. The average Bonchev–Trinajstić information content (AvgIpc) is 2.57. The van der Waals surface area contributed by atoms with Gasteiger partial charge in [-0.05, 0) is 18.9 Å². The van der Waals surface area contributed by atoms with Gasteiger partial charge in [-0.25, -0.2) is 0 Å². The Hall–Kier alpha value is -1.70. The predicted octanol–water partition coefficient (Wildman–Crippen LogP) is 2.41. The number of nitrogens with two attached hydrogens (primary N) is 1. The summed E-state index contributed by atoms with van der Waals surface area (Å²) in [7, 11) is 0. The molecule has 0 fully saturated rings. The number of hydrogen-bond donors (Lipinski definition) is 2. The number of rotatable bonds is 0. The van der Waals surface area contributed by atoms with E-state index in [9.17, 15) is 0 Å². The Labute approximate surface area is 82.4 Å². The molecule has 0 amide bonds. The van der Waals surface area contributed by atoms with E-state index in [0.29, 0.717) is 0 Å². The second-order valence-electron chi connectivity index (χ2n) is 3.72. The minimum absolute atomic E-state index is 0.920. The number of aromatic amines is 1. The molecular weight excluding hydrogens is 172 g/mol. The third-order valence-corrected chi connectivity index (χ3v) is 2.83. The minimum atomic E-state index is 0.920. The van der Waals surface area contributed by atoms with Crippen molar-refractivity contribution in [3.8, 4) is 0 Å². The number of aryl methyl sites for hydroxylation is 1. The summed E-state index contributed by atoms with van der Waals surface area (Å²) in [5, 5.41) is 1.25. The lowest BCUT2D eigenvalue weighted by molar-refractivity contribution is 0.940. The number of benzene rings is 1. The third kappa shape index (κ3) is 0.909. The van der Waals surface area contributed by atoms with Crippen LogP contribution in [0, 0.1) is 0 Å². The normalized spacial score (nSPS) is 15.3. The van der Waals surface area contributed by atoms with E-state index in [2.05, 4.69) is 29.3 Å². The van der Waals surface area contributed by atoms with E-state index in [1.165, 1.54) is 22.2 Å². The summed E-state index contributed by atoms with van der Waals surface area (Å²) in [4.78, 5) is 3.43. The molecule has 0 aliphatic heterocycles. The van der Waals surface area contributed by atoms with Gasteiger partial charge in [0.05, 0.1) is 0 Å². The number of fused-ring (bicyclic) bond motifs is 3. The Bertz CT molecular complexity index is 520. The molecule has 1 aromatic heterocycles.